The van der Waals surface area contributed by atoms with E-state index in [0.29, 0.717) is 11.8 Å². The van der Waals surface area contributed by atoms with Crippen molar-refractivity contribution in [2.24, 2.45) is 0 Å². The molecule has 1 aromatic carbocycles. The first kappa shape index (κ1) is 12.2. The minimum Gasteiger partial charge on any atom is -0.484 e. The molecule has 0 aliphatic heterocycles. The van der Waals surface area contributed by atoms with Gasteiger partial charge in [0.2, 0.25) is 5.89 Å². The third-order valence-corrected chi connectivity index (χ3v) is 3.33. The number of rotatable bonds is 3. The lowest BCUT2D eigenvalue weighted by Gasteiger charge is -2.21. The number of ether oxygens (including phenoxy) is 1. The number of nitrogens with zero attached hydrogens (tertiary/aromatic N) is 2. The fraction of sp³-hybridized carbons (Fsp3) is 0.429. The van der Waals surface area contributed by atoms with Gasteiger partial charge in [0.05, 0.1) is 6.10 Å². The Morgan fingerprint density at radius 3 is 3.11 bits per heavy atom. The molecular weight excluding hydrogens is 244 g/mol. The lowest BCUT2D eigenvalue weighted by molar-refractivity contribution is 0.155. The second kappa shape index (κ2) is 5.01. The number of benzene rings is 1. The van der Waals surface area contributed by atoms with Gasteiger partial charge in [-0.05, 0) is 42.5 Å². The van der Waals surface area contributed by atoms with Gasteiger partial charge in [-0.2, -0.15) is 0 Å². The Bertz CT molecular complexity index is 580. The second-order valence-electron chi connectivity index (χ2n) is 4.77. The van der Waals surface area contributed by atoms with Crippen molar-refractivity contribution in [2.45, 2.75) is 38.9 Å². The van der Waals surface area contributed by atoms with E-state index >= 15 is 0 Å². The predicted octanol–water partition coefficient (Wildman–Crippen LogP) is 2.33. The summed E-state index contributed by atoms with van der Waals surface area (Å²) in [5, 5.41) is 17.6. The molecule has 19 heavy (non-hydrogen) atoms. The van der Waals surface area contributed by atoms with Crippen LogP contribution in [0.3, 0.4) is 0 Å². The summed E-state index contributed by atoms with van der Waals surface area (Å²) in [5.74, 6) is 1.70. The van der Waals surface area contributed by atoms with Crippen LogP contribution in [0.1, 0.15) is 41.9 Å². The Labute approximate surface area is 111 Å². The molecule has 2 aromatic rings. The first-order chi connectivity index (χ1) is 9.22. The van der Waals surface area contributed by atoms with Gasteiger partial charge in [-0.1, -0.05) is 6.07 Å². The van der Waals surface area contributed by atoms with E-state index in [9.17, 15) is 5.11 Å². The molecule has 3 rings (SSSR count). The van der Waals surface area contributed by atoms with Gasteiger partial charge in [-0.25, -0.2) is 0 Å². The van der Waals surface area contributed by atoms with Crippen molar-refractivity contribution in [3.8, 4) is 5.75 Å². The molecule has 100 valence electrons. The van der Waals surface area contributed by atoms with Crippen LogP contribution in [-0.2, 0) is 13.0 Å². The predicted molar refractivity (Wildman–Crippen MR) is 67.7 cm³/mol. The van der Waals surface area contributed by atoms with E-state index in [2.05, 4.69) is 10.2 Å². The third-order valence-electron chi connectivity index (χ3n) is 3.33. The molecule has 5 nitrogen and oxygen atoms in total. The summed E-state index contributed by atoms with van der Waals surface area (Å²) < 4.78 is 10.9. The fourth-order valence-corrected chi connectivity index (χ4v) is 2.38. The van der Waals surface area contributed by atoms with E-state index in [-0.39, 0.29) is 12.7 Å². The SMILES string of the molecule is Cc1nnc(COc2ccc3c(c2)C(O)CCC3)o1. The summed E-state index contributed by atoms with van der Waals surface area (Å²) in [6.45, 7) is 1.99. The zero-order valence-electron chi connectivity index (χ0n) is 10.8. The molecule has 1 atom stereocenters. The Balaban J connectivity index is 1.73. The molecular formula is C14H16N2O3. The third kappa shape index (κ3) is 2.61. The summed E-state index contributed by atoms with van der Waals surface area (Å²) in [6.07, 6.45) is 2.50. The highest BCUT2D eigenvalue weighted by atomic mass is 16.5. The molecule has 0 spiro atoms. The average Bonchev–Trinajstić information content (AvgIpc) is 2.83. The molecule has 1 aromatic heterocycles. The first-order valence-electron chi connectivity index (χ1n) is 6.45. The highest BCUT2D eigenvalue weighted by Crippen LogP contribution is 2.32. The van der Waals surface area contributed by atoms with Crippen LogP contribution in [0.15, 0.2) is 22.6 Å². The highest BCUT2D eigenvalue weighted by molar-refractivity contribution is 5.38. The van der Waals surface area contributed by atoms with Gasteiger partial charge >= 0.3 is 0 Å². The monoisotopic (exact) mass is 260 g/mol. The molecule has 5 heteroatoms. The molecule has 1 N–H and O–H groups in total. The minimum atomic E-state index is -0.377. The number of fused-ring (bicyclic) bond motifs is 1. The van der Waals surface area contributed by atoms with Crippen molar-refractivity contribution >= 4 is 0 Å². The van der Waals surface area contributed by atoms with Crippen LogP contribution >= 0.6 is 0 Å². The maximum absolute atomic E-state index is 9.98. The number of aliphatic hydroxyl groups excluding tert-OH is 1. The molecule has 1 aliphatic carbocycles. The average molecular weight is 260 g/mol. The lowest BCUT2D eigenvalue weighted by atomic mass is 9.89. The number of hydrogen-bond acceptors (Lipinski definition) is 5. The van der Waals surface area contributed by atoms with E-state index in [0.717, 1.165) is 30.6 Å². The summed E-state index contributed by atoms with van der Waals surface area (Å²) in [6, 6.07) is 5.84. The summed E-state index contributed by atoms with van der Waals surface area (Å²) in [7, 11) is 0. The Hall–Kier alpha value is -1.88. The summed E-state index contributed by atoms with van der Waals surface area (Å²) in [4.78, 5) is 0. The van der Waals surface area contributed by atoms with Crippen LogP contribution in [0.2, 0.25) is 0 Å². The summed E-state index contributed by atoms with van der Waals surface area (Å²) >= 11 is 0. The van der Waals surface area contributed by atoms with Gasteiger partial charge in [-0.3, -0.25) is 0 Å². The molecule has 1 unspecified atom stereocenters. The normalized spacial score (nSPS) is 18.1. The zero-order chi connectivity index (χ0) is 13.2. The Kier molecular flexibility index (Phi) is 3.21. The highest BCUT2D eigenvalue weighted by Gasteiger charge is 2.18. The van der Waals surface area contributed by atoms with Crippen LogP contribution in [-0.4, -0.2) is 15.3 Å². The van der Waals surface area contributed by atoms with Gasteiger partial charge in [0.15, 0.2) is 6.61 Å². The maximum Gasteiger partial charge on any atom is 0.253 e. The van der Waals surface area contributed by atoms with Gasteiger partial charge in [0.25, 0.3) is 5.89 Å². The smallest absolute Gasteiger partial charge is 0.253 e. The van der Waals surface area contributed by atoms with Gasteiger partial charge in [0.1, 0.15) is 5.75 Å². The fourth-order valence-electron chi connectivity index (χ4n) is 2.38. The largest absolute Gasteiger partial charge is 0.484 e. The van der Waals surface area contributed by atoms with Crippen molar-refractivity contribution < 1.29 is 14.3 Å². The van der Waals surface area contributed by atoms with Crippen molar-refractivity contribution in [3.05, 3.63) is 41.1 Å². The lowest BCUT2D eigenvalue weighted by Crippen LogP contribution is -2.09. The topological polar surface area (TPSA) is 68.4 Å². The van der Waals surface area contributed by atoms with Crippen molar-refractivity contribution in [1.82, 2.24) is 10.2 Å². The van der Waals surface area contributed by atoms with E-state index in [1.54, 1.807) is 6.92 Å². The van der Waals surface area contributed by atoms with E-state index in [1.807, 2.05) is 18.2 Å². The Morgan fingerprint density at radius 1 is 1.42 bits per heavy atom. The van der Waals surface area contributed by atoms with E-state index < -0.39 is 0 Å². The van der Waals surface area contributed by atoms with Crippen LogP contribution in [0.4, 0.5) is 0 Å². The number of aliphatic hydroxyl groups is 1. The molecule has 0 fully saturated rings. The standard InChI is InChI=1S/C14H16N2O3/c1-9-15-16-14(19-9)8-18-11-6-5-10-3-2-4-13(17)12(10)7-11/h5-7,13,17H,2-4,8H2,1H3. The van der Waals surface area contributed by atoms with Gasteiger partial charge < -0.3 is 14.3 Å². The zero-order valence-corrected chi connectivity index (χ0v) is 10.8. The molecule has 1 aliphatic rings. The van der Waals surface area contributed by atoms with Crippen LogP contribution in [0, 0.1) is 6.92 Å². The summed E-state index contributed by atoms with van der Waals surface area (Å²) in [5.41, 5.74) is 2.19. The van der Waals surface area contributed by atoms with Crippen LogP contribution in [0.25, 0.3) is 0 Å². The van der Waals surface area contributed by atoms with Crippen LogP contribution < -0.4 is 4.74 Å². The minimum absolute atomic E-state index is 0.246. The van der Waals surface area contributed by atoms with Gasteiger partial charge in [-0.15, -0.1) is 10.2 Å². The molecule has 0 saturated heterocycles. The van der Waals surface area contributed by atoms with E-state index in [1.165, 1.54) is 5.56 Å². The maximum atomic E-state index is 9.98. The Morgan fingerprint density at radius 2 is 2.32 bits per heavy atom. The molecule has 0 amide bonds. The van der Waals surface area contributed by atoms with E-state index in [4.69, 9.17) is 9.15 Å². The molecule has 1 heterocycles. The van der Waals surface area contributed by atoms with Crippen molar-refractivity contribution in [2.75, 3.05) is 0 Å². The number of aromatic nitrogens is 2. The number of hydrogen-bond donors (Lipinski definition) is 1. The number of aryl methyl sites for hydroxylation is 2. The molecule has 0 radical (unpaired) electrons. The quantitative estimate of drug-likeness (QED) is 0.917. The first-order valence-corrected chi connectivity index (χ1v) is 6.45. The second-order valence-corrected chi connectivity index (χ2v) is 4.77. The van der Waals surface area contributed by atoms with Gasteiger partial charge in [0, 0.05) is 6.92 Å². The molecule has 0 saturated carbocycles. The molecule has 0 bridgehead atoms. The van der Waals surface area contributed by atoms with Crippen molar-refractivity contribution in [3.63, 3.8) is 0 Å². The van der Waals surface area contributed by atoms with Crippen molar-refractivity contribution in [1.29, 1.82) is 0 Å². The van der Waals surface area contributed by atoms with Crippen LogP contribution in [0.5, 0.6) is 5.75 Å².